The van der Waals surface area contributed by atoms with Crippen LogP contribution in [0.1, 0.15) is 23.7 Å². The third-order valence-electron chi connectivity index (χ3n) is 3.80. The summed E-state index contributed by atoms with van der Waals surface area (Å²) in [6.45, 7) is 0.346. The van der Waals surface area contributed by atoms with Crippen molar-refractivity contribution in [2.75, 3.05) is 13.7 Å². The van der Waals surface area contributed by atoms with Crippen LogP contribution in [0.3, 0.4) is 0 Å². The van der Waals surface area contributed by atoms with Gasteiger partial charge in [0.05, 0.1) is 13.2 Å². The number of amides is 1. The van der Waals surface area contributed by atoms with Gasteiger partial charge >= 0.3 is 6.09 Å². The number of halogens is 1. The summed E-state index contributed by atoms with van der Waals surface area (Å²) in [4.78, 5) is 11.7. The van der Waals surface area contributed by atoms with Gasteiger partial charge in [-0.25, -0.2) is 4.79 Å². The highest BCUT2D eigenvalue weighted by Gasteiger charge is 2.22. The standard InChI is InChI=1S/C19H22BrNO5/c1-25-17-11-14(20)7-8-15(17)18(23)16(22)9-10-21-19(24)26-12-13-5-3-2-4-6-13/h2-8,11,16,18,22-23H,9-10,12H2,1H3,(H,21,24). The first-order valence-corrected chi connectivity index (χ1v) is 8.94. The van der Waals surface area contributed by atoms with Crippen LogP contribution in [0.25, 0.3) is 0 Å². The number of carbonyl (C=O) groups excluding carboxylic acids is 1. The number of rotatable bonds is 8. The number of methoxy groups -OCH3 is 1. The molecule has 0 saturated carbocycles. The molecular weight excluding hydrogens is 402 g/mol. The number of aliphatic hydroxyl groups excluding tert-OH is 2. The van der Waals surface area contributed by atoms with Crippen molar-refractivity contribution in [3.8, 4) is 5.75 Å². The predicted molar refractivity (Wildman–Crippen MR) is 101 cm³/mol. The largest absolute Gasteiger partial charge is 0.496 e. The zero-order chi connectivity index (χ0) is 18.9. The third kappa shape index (κ3) is 6.01. The lowest BCUT2D eigenvalue weighted by molar-refractivity contribution is 0.0123. The highest BCUT2D eigenvalue weighted by molar-refractivity contribution is 9.10. The number of nitrogens with one attached hydrogen (secondary N) is 1. The maximum absolute atomic E-state index is 11.7. The maximum Gasteiger partial charge on any atom is 0.407 e. The van der Waals surface area contributed by atoms with Crippen molar-refractivity contribution >= 4 is 22.0 Å². The van der Waals surface area contributed by atoms with Crippen molar-refractivity contribution in [3.05, 3.63) is 64.1 Å². The second kappa shape index (κ2) is 10.2. The summed E-state index contributed by atoms with van der Waals surface area (Å²) in [6, 6.07) is 14.5. The molecule has 0 aliphatic rings. The summed E-state index contributed by atoms with van der Waals surface area (Å²) >= 11 is 3.33. The van der Waals surface area contributed by atoms with Crippen LogP contribution in [0.4, 0.5) is 4.79 Å². The Morgan fingerprint density at radius 1 is 1.19 bits per heavy atom. The van der Waals surface area contributed by atoms with Crippen LogP contribution in [0, 0.1) is 0 Å². The lowest BCUT2D eigenvalue weighted by Crippen LogP contribution is -2.29. The van der Waals surface area contributed by atoms with Crippen molar-refractivity contribution in [2.24, 2.45) is 0 Å². The summed E-state index contributed by atoms with van der Waals surface area (Å²) in [5, 5.41) is 23.0. The molecule has 2 unspecified atom stereocenters. The van der Waals surface area contributed by atoms with E-state index in [0.717, 1.165) is 10.0 Å². The molecule has 0 saturated heterocycles. The van der Waals surface area contributed by atoms with Gasteiger partial charge in [0.1, 0.15) is 18.5 Å². The molecule has 0 aliphatic carbocycles. The Morgan fingerprint density at radius 2 is 1.92 bits per heavy atom. The molecule has 1 amide bonds. The zero-order valence-electron chi connectivity index (χ0n) is 14.4. The van der Waals surface area contributed by atoms with E-state index in [9.17, 15) is 15.0 Å². The molecule has 0 aliphatic heterocycles. The number of carbonyl (C=O) groups is 1. The second-order valence-electron chi connectivity index (χ2n) is 5.68. The van der Waals surface area contributed by atoms with Crippen LogP contribution in [0.15, 0.2) is 53.0 Å². The molecule has 0 radical (unpaired) electrons. The number of aliphatic hydroxyl groups is 2. The maximum atomic E-state index is 11.7. The Bertz CT molecular complexity index is 710. The number of hydrogen-bond donors (Lipinski definition) is 3. The third-order valence-corrected chi connectivity index (χ3v) is 4.29. The highest BCUT2D eigenvalue weighted by atomic mass is 79.9. The van der Waals surface area contributed by atoms with Crippen LogP contribution >= 0.6 is 15.9 Å². The molecular formula is C19H22BrNO5. The summed E-state index contributed by atoms with van der Waals surface area (Å²) in [7, 11) is 1.49. The average molecular weight is 424 g/mol. The Kier molecular flexibility index (Phi) is 7.90. The molecule has 0 fully saturated rings. The van der Waals surface area contributed by atoms with E-state index in [1.165, 1.54) is 7.11 Å². The van der Waals surface area contributed by atoms with Crippen molar-refractivity contribution in [2.45, 2.75) is 25.2 Å². The molecule has 0 spiro atoms. The minimum atomic E-state index is -1.12. The van der Waals surface area contributed by atoms with Crippen LogP contribution in [-0.2, 0) is 11.3 Å². The SMILES string of the molecule is COc1cc(Br)ccc1C(O)C(O)CCNC(=O)OCc1ccccc1. The van der Waals surface area contributed by atoms with Crippen molar-refractivity contribution in [1.29, 1.82) is 0 Å². The van der Waals surface area contributed by atoms with Crippen molar-refractivity contribution in [3.63, 3.8) is 0 Å². The highest BCUT2D eigenvalue weighted by Crippen LogP contribution is 2.30. The predicted octanol–water partition coefficient (Wildman–Crippen LogP) is 3.17. The van der Waals surface area contributed by atoms with E-state index in [2.05, 4.69) is 21.2 Å². The van der Waals surface area contributed by atoms with Gasteiger partial charge in [0.25, 0.3) is 0 Å². The fourth-order valence-electron chi connectivity index (χ4n) is 2.39. The fourth-order valence-corrected chi connectivity index (χ4v) is 2.73. The zero-order valence-corrected chi connectivity index (χ0v) is 16.0. The van der Waals surface area contributed by atoms with Gasteiger partial charge in [0.2, 0.25) is 0 Å². The first-order valence-electron chi connectivity index (χ1n) is 8.15. The van der Waals surface area contributed by atoms with Gasteiger partial charge in [-0.2, -0.15) is 0 Å². The molecule has 6 nitrogen and oxygen atoms in total. The summed E-state index contributed by atoms with van der Waals surface area (Å²) in [6.07, 6.45) is -2.59. The number of hydrogen-bond acceptors (Lipinski definition) is 5. The van der Waals surface area contributed by atoms with Gasteiger partial charge in [0.15, 0.2) is 0 Å². The molecule has 7 heteroatoms. The Hall–Kier alpha value is -2.09. The molecule has 0 heterocycles. The fraction of sp³-hybridized carbons (Fsp3) is 0.316. The first kappa shape index (κ1) is 20.2. The molecule has 140 valence electrons. The normalized spacial score (nSPS) is 12.9. The summed E-state index contributed by atoms with van der Waals surface area (Å²) in [5.41, 5.74) is 1.37. The van der Waals surface area contributed by atoms with Gasteiger partial charge < -0.3 is 25.0 Å². The monoisotopic (exact) mass is 423 g/mol. The van der Waals surface area contributed by atoms with Crippen LogP contribution in [-0.4, -0.2) is 36.1 Å². The van der Waals surface area contributed by atoms with E-state index in [1.54, 1.807) is 18.2 Å². The molecule has 0 aromatic heterocycles. The molecule has 2 rings (SSSR count). The van der Waals surface area contributed by atoms with Gasteiger partial charge in [-0.3, -0.25) is 0 Å². The van der Waals surface area contributed by atoms with Crippen LogP contribution in [0.5, 0.6) is 5.75 Å². The summed E-state index contributed by atoms with van der Waals surface area (Å²) < 4.78 is 11.1. The van der Waals surface area contributed by atoms with E-state index in [-0.39, 0.29) is 19.6 Å². The van der Waals surface area contributed by atoms with E-state index < -0.39 is 18.3 Å². The average Bonchev–Trinajstić information content (AvgIpc) is 2.66. The van der Waals surface area contributed by atoms with E-state index >= 15 is 0 Å². The molecule has 3 N–H and O–H groups in total. The number of benzene rings is 2. The Balaban J connectivity index is 1.77. The summed E-state index contributed by atoms with van der Waals surface area (Å²) in [5.74, 6) is 0.473. The molecule has 26 heavy (non-hydrogen) atoms. The quantitative estimate of drug-likeness (QED) is 0.606. The molecule has 2 aromatic carbocycles. The van der Waals surface area contributed by atoms with Gasteiger partial charge in [0, 0.05) is 16.6 Å². The van der Waals surface area contributed by atoms with Gasteiger partial charge in [-0.15, -0.1) is 0 Å². The smallest absolute Gasteiger partial charge is 0.407 e. The lowest BCUT2D eigenvalue weighted by Gasteiger charge is -2.20. The van der Waals surface area contributed by atoms with Gasteiger partial charge in [-0.1, -0.05) is 52.3 Å². The molecule has 2 aromatic rings. The first-order chi connectivity index (χ1) is 12.5. The van der Waals surface area contributed by atoms with E-state index in [4.69, 9.17) is 9.47 Å². The number of alkyl carbamates (subject to hydrolysis) is 1. The molecule has 2 atom stereocenters. The Morgan fingerprint density at radius 3 is 2.62 bits per heavy atom. The minimum Gasteiger partial charge on any atom is -0.496 e. The van der Waals surface area contributed by atoms with Crippen molar-refractivity contribution in [1.82, 2.24) is 5.32 Å². The molecule has 0 bridgehead atoms. The lowest BCUT2D eigenvalue weighted by atomic mass is 10.0. The van der Waals surface area contributed by atoms with Crippen LogP contribution in [0.2, 0.25) is 0 Å². The Labute approximate surface area is 160 Å². The van der Waals surface area contributed by atoms with Crippen molar-refractivity contribution < 1.29 is 24.5 Å². The van der Waals surface area contributed by atoms with E-state index in [1.807, 2.05) is 30.3 Å². The topological polar surface area (TPSA) is 88.0 Å². The van der Waals surface area contributed by atoms with Crippen LogP contribution < -0.4 is 10.1 Å². The van der Waals surface area contributed by atoms with E-state index in [0.29, 0.717) is 11.3 Å². The second-order valence-corrected chi connectivity index (χ2v) is 6.59. The minimum absolute atomic E-state index is 0.167. The number of ether oxygens (including phenoxy) is 2. The van der Waals surface area contributed by atoms with Gasteiger partial charge in [-0.05, 0) is 24.1 Å².